The third kappa shape index (κ3) is 3.23. The van der Waals surface area contributed by atoms with Crippen LogP contribution >= 0.6 is 23.1 Å². The SMILES string of the molecule is CN1/C(=c2\s/c(=C\c3ccncc3)n(CC(=O)O)c2=O)Sc2cccc(F)c21. The van der Waals surface area contributed by atoms with Crippen LogP contribution in [0.2, 0.25) is 0 Å². The van der Waals surface area contributed by atoms with Crippen LogP contribution in [0.15, 0.2) is 52.4 Å². The van der Waals surface area contributed by atoms with Crippen molar-refractivity contribution in [3.05, 3.63) is 73.7 Å². The lowest BCUT2D eigenvalue weighted by atomic mass is 10.3. The van der Waals surface area contributed by atoms with Gasteiger partial charge in [0.15, 0.2) is 0 Å². The van der Waals surface area contributed by atoms with Crippen LogP contribution in [0.5, 0.6) is 0 Å². The van der Waals surface area contributed by atoms with E-state index in [0.717, 1.165) is 10.5 Å². The Hall–Kier alpha value is -2.91. The first-order valence-electron chi connectivity index (χ1n) is 8.23. The average Bonchev–Trinajstić information content (AvgIpc) is 3.15. The molecular formula is C19H14FN3O3S2. The van der Waals surface area contributed by atoms with Crippen molar-refractivity contribution in [1.82, 2.24) is 9.55 Å². The van der Waals surface area contributed by atoms with E-state index in [1.54, 1.807) is 54.7 Å². The minimum Gasteiger partial charge on any atom is -0.480 e. The summed E-state index contributed by atoms with van der Waals surface area (Å²) in [6.45, 7) is -0.449. The monoisotopic (exact) mass is 415 g/mol. The lowest BCUT2D eigenvalue weighted by Crippen LogP contribution is -2.35. The Balaban J connectivity index is 1.96. The molecule has 0 bridgehead atoms. The number of carbonyl (C=O) groups is 1. The third-order valence-electron chi connectivity index (χ3n) is 4.19. The van der Waals surface area contributed by atoms with E-state index in [2.05, 4.69) is 4.98 Å². The molecule has 9 heteroatoms. The fourth-order valence-corrected chi connectivity index (χ4v) is 5.36. The molecule has 0 atom stereocenters. The number of thioether (sulfide) groups is 1. The first kappa shape index (κ1) is 18.5. The second-order valence-electron chi connectivity index (χ2n) is 6.03. The number of para-hydroxylation sites is 1. The molecule has 1 aromatic carbocycles. The first-order valence-corrected chi connectivity index (χ1v) is 9.86. The summed E-state index contributed by atoms with van der Waals surface area (Å²) in [5.41, 5.74) is 0.809. The van der Waals surface area contributed by atoms with E-state index in [4.69, 9.17) is 0 Å². The largest absolute Gasteiger partial charge is 0.480 e. The number of nitrogens with zero attached hydrogens (tertiary/aromatic N) is 3. The number of thiazole rings is 1. The van der Waals surface area contributed by atoms with Gasteiger partial charge in [0.05, 0.1) is 10.4 Å². The molecule has 2 aromatic heterocycles. The predicted molar refractivity (Wildman–Crippen MR) is 107 cm³/mol. The minimum atomic E-state index is -1.11. The fourth-order valence-electron chi connectivity index (χ4n) is 2.93. The number of aromatic nitrogens is 2. The van der Waals surface area contributed by atoms with E-state index in [9.17, 15) is 19.1 Å². The minimum absolute atomic E-state index is 0.367. The molecule has 3 heterocycles. The smallest absolute Gasteiger partial charge is 0.323 e. The number of benzene rings is 1. The molecule has 0 unspecified atom stereocenters. The molecule has 1 N–H and O–H groups in total. The highest BCUT2D eigenvalue weighted by Crippen LogP contribution is 2.46. The molecule has 1 aliphatic rings. The number of carboxylic acid groups (broad SMARTS) is 1. The Morgan fingerprint density at radius 3 is 2.71 bits per heavy atom. The van der Waals surface area contributed by atoms with Crippen LogP contribution in [0.25, 0.3) is 11.1 Å². The molecule has 1 aliphatic heterocycles. The van der Waals surface area contributed by atoms with Gasteiger partial charge in [0.2, 0.25) is 0 Å². The fraction of sp³-hybridized carbons (Fsp3) is 0.105. The lowest BCUT2D eigenvalue weighted by Gasteiger charge is -2.12. The van der Waals surface area contributed by atoms with Crippen LogP contribution < -0.4 is 19.7 Å². The van der Waals surface area contributed by atoms with E-state index < -0.39 is 18.1 Å². The zero-order valence-corrected chi connectivity index (χ0v) is 16.3. The normalized spacial score (nSPS) is 15.8. The van der Waals surface area contributed by atoms with Crippen LogP contribution in [0.1, 0.15) is 5.56 Å². The van der Waals surface area contributed by atoms with E-state index in [1.165, 1.54) is 33.7 Å². The van der Waals surface area contributed by atoms with E-state index in [1.807, 2.05) is 0 Å². The average molecular weight is 415 g/mol. The molecule has 6 nitrogen and oxygen atoms in total. The number of hydrogen-bond donors (Lipinski definition) is 1. The van der Waals surface area contributed by atoms with Gasteiger partial charge >= 0.3 is 5.97 Å². The van der Waals surface area contributed by atoms with Gasteiger partial charge in [-0.25, -0.2) is 4.39 Å². The highest BCUT2D eigenvalue weighted by Gasteiger charge is 2.27. The van der Waals surface area contributed by atoms with Crippen LogP contribution in [-0.4, -0.2) is 27.7 Å². The van der Waals surface area contributed by atoms with Crippen LogP contribution in [-0.2, 0) is 11.3 Å². The molecule has 0 saturated carbocycles. The first-order chi connectivity index (χ1) is 13.5. The molecule has 28 heavy (non-hydrogen) atoms. The number of anilines is 1. The van der Waals surface area contributed by atoms with Crippen molar-refractivity contribution in [2.75, 3.05) is 11.9 Å². The number of rotatable bonds is 3. The molecule has 0 radical (unpaired) electrons. The maximum Gasteiger partial charge on any atom is 0.323 e. The molecule has 4 rings (SSSR count). The van der Waals surface area contributed by atoms with E-state index in [0.29, 0.717) is 19.9 Å². The van der Waals surface area contributed by atoms with Crippen molar-refractivity contribution < 1.29 is 14.3 Å². The summed E-state index contributed by atoms with van der Waals surface area (Å²) in [4.78, 5) is 30.6. The lowest BCUT2D eigenvalue weighted by molar-refractivity contribution is -0.137. The molecule has 3 aromatic rings. The second-order valence-corrected chi connectivity index (χ2v) is 8.09. The van der Waals surface area contributed by atoms with Crippen LogP contribution in [0.4, 0.5) is 10.1 Å². The van der Waals surface area contributed by atoms with Gasteiger partial charge in [0.25, 0.3) is 5.56 Å². The highest BCUT2D eigenvalue weighted by atomic mass is 32.2. The number of hydrogen-bond acceptors (Lipinski definition) is 6. The second kappa shape index (κ2) is 7.25. The number of aliphatic carboxylic acids is 1. The Labute approximate surface area is 166 Å². The van der Waals surface area contributed by atoms with E-state index in [-0.39, 0.29) is 5.82 Å². The molecule has 0 aliphatic carbocycles. The summed E-state index contributed by atoms with van der Waals surface area (Å²) in [7, 11) is 1.70. The molecule has 0 saturated heterocycles. The topological polar surface area (TPSA) is 75.4 Å². The molecule has 0 amide bonds. The maximum absolute atomic E-state index is 14.2. The molecular weight excluding hydrogens is 401 g/mol. The number of carboxylic acids is 1. The summed E-state index contributed by atoms with van der Waals surface area (Å²) in [6.07, 6.45) is 4.98. The summed E-state index contributed by atoms with van der Waals surface area (Å²) >= 11 is 2.49. The Morgan fingerprint density at radius 1 is 1.29 bits per heavy atom. The van der Waals surface area contributed by atoms with Gasteiger partial charge in [-0.1, -0.05) is 17.8 Å². The third-order valence-corrected chi connectivity index (χ3v) is 6.66. The molecule has 0 fully saturated rings. The van der Waals surface area contributed by atoms with Crippen molar-refractivity contribution in [1.29, 1.82) is 0 Å². The van der Waals surface area contributed by atoms with Gasteiger partial charge < -0.3 is 10.0 Å². The van der Waals surface area contributed by atoms with Crippen LogP contribution in [0, 0.1) is 5.82 Å². The van der Waals surface area contributed by atoms with Crippen molar-refractivity contribution in [3.8, 4) is 0 Å². The molecule has 0 spiro atoms. The Kier molecular flexibility index (Phi) is 4.78. The predicted octanol–water partition coefficient (Wildman–Crippen LogP) is 1.67. The van der Waals surface area contributed by atoms with Crippen molar-refractivity contribution in [2.45, 2.75) is 11.4 Å². The maximum atomic E-state index is 14.2. The summed E-state index contributed by atoms with van der Waals surface area (Å²) in [6, 6.07) is 8.32. The van der Waals surface area contributed by atoms with Gasteiger partial charge in [0, 0.05) is 24.3 Å². The van der Waals surface area contributed by atoms with Crippen molar-refractivity contribution in [2.24, 2.45) is 0 Å². The van der Waals surface area contributed by atoms with Gasteiger partial charge in [-0.05, 0) is 35.9 Å². The van der Waals surface area contributed by atoms with Gasteiger partial charge in [-0.3, -0.25) is 19.1 Å². The highest BCUT2D eigenvalue weighted by molar-refractivity contribution is 8.08. The number of halogens is 1. The zero-order chi connectivity index (χ0) is 19.8. The van der Waals surface area contributed by atoms with Gasteiger partial charge in [-0.2, -0.15) is 0 Å². The Bertz CT molecular complexity index is 1250. The standard InChI is InChI=1S/C19H14FN3O3S2/c1-22-16-12(20)3-2-4-13(16)27-19(22)17-18(26)23(10-15(24)25)14(28-17)9-11-5-7-21-8-6-11/h2-9H,10H2,1H3,(H,24,25)/b14-9-,19-17+. The quantitative estimate of drug-likeness (QED) is 0.701. The van der Waals surface area contributed by atoms with Crippen LogP contribution in [0.3, 0.4) is 0 Å². The molecule has 142 valence electrons. The zero-order valence-electron chi connectivity index (χ0n) is 14.6. The van der Waals surface area contributed by atoms with E-state index >= 15 is 0 Å². The number of pyridine rings is 1. The Morgan fingerprint density at radius 2 is 2.04 bits per heavy atom. The summed E-state index contributed by atoms with van der Waals surface area (Å²) in [5.74, 6) is -1.48. The van der Waals surface area contributed by atoms with Crippen molar-refractivity contribution in [3.63, 3.8) is 0 Å². The summed E-state index contributed by atoms with van der Waals surface area (Å²) < 4.78 is 16.3. The van der Waals surface area contributed by atoms with Gasteiger partial charge in [0.1, 0.15) is 21.9 Å². The summed E-state index contributed by atoms with van der Waals surface area (Å²) in [5, 5.41) is 9.82. The number of fused-ring (bicyclic) bond motifs is 1. The van der Waals surface area contributed by atoms with Gasteiger partial charge in [-0.15, -0.1) is 11.3 Å². The van der Waals surface area contributed by atoms with Crippen molar-refractivity contribution >= 4 is 45.9 Å².